The minimum atomic E-state index is -0.0496. The number of nitrogens with zero attached hydrogens (tertiary/aromatic N) is 2. The first-order valence-electron chi connectivity index (χ1n) is 19.3. The van der Waals surface area contributed by atoms with Crippen LogP contribution in [0.1, 0.15) is 22.7 Å². The molecule has 0 amide bonds. The van der Waals surface area contributed by atoms with E-state index < -0.39 is 0 Å². The minimum absolute atomic E-state index is 0.0496. The number of hydrogen-bond donors (Lipinski definition) is 1. The molecule has 1 aliphatic heterocycles. The Balaban J connectivity index is 0.963. The summed E-state index contributed by atoms with van der Waals surface area (Å²) in [4.78, 5) is 5.23. The second kappa shape index (κ2) is 12.4. The summed E-state index contributed by atoms with van der Waals surface area (Å²) in [6.45, 7) is 0. The molecule has 3 aromatic heterocycles. The van der Waals surface area contributed by atoms with E-state index in [0.717, 1.165) is 83.4 Å². The summed E-state index contributed by atoms with van der Waals surface area (Å²) in [5, 5.41) is 10.5. The van der Waals surface area contributed by atoms with Crippen LogP contribution < -0.4 is 5.32 Å². The molecule has 1 aliphatic rings. The average molecular weight is 732 g/mol. The van der Waals surface area contributed by atoms with Crippen molar-refractivity contribution in [3.05, 3.63) is 205 Å². The lowest BCUT2D eigenvalue weighted by Gasteiger charge is -2.24. The maximum atomic E-state index is 6.54. The van der Waals surface area contributed by atoms with Crippen LogP contribution >= 0.6 is 0 Å². The Morgan fingerprint density at radius 3 is 1.93 bits per heavy atom. The number of nitrogens with one attached hydrogen (secondary N) is 1. The lowest BCUT2D eigenvalue weighted by molar-refractivity contribution is 0.669. The van der Waals surface area contributed by atoms with Gasteiger partial charge in [0.25, 0.3) is 0 Å². The van der Waals surface area contributed by atoms with Gasteiger partial charge in [0.1, 0.15) is 28.2 Å². The van der Waals surface area contributed by atoms with Crippen molar-refractivity contribution < 1.29 is 8.83 Å². The van der Waals surface area contributed by atoms with Gasteiger partial charge in [-0.15, -0.1) is 0 Å². The molecule has 4 heterocycles. The van der Waals surface area contributed by atoms with Crippen LogP contribution in [0, 0.1) is 0 Å². The third-order valence-corrected chi connectivity index (χ3v) is 11.5. The standard InChI is InChI=1S/C52H33N3O2/c1-3-12-32(13-4-1)43-31-44(33-14-5-2-6-15-33)54-52(53-43)40-18-11-21-49-51(40)42-28-34(23-26-48(42)56-49)35-22-25-39-41-30-36(24-27-47(41)57-50(39)29-35)55-45-19-9-7-16-37(45)38-17-8-10-20-46(38)55/h1-31,43H,(H,53,54). The van der Waals surface area contributed by atoms with Gasteiger partial charge in [0.15, 0.2) is 0 Å². The highest BCUT2D eigenvalue weighted by Gasteiger charge is 2.23. The van der Waals surface area contributed by atoms with Gasteiger partial charge in [0.2, 0.25) is 0 Å². The molecule has 57 heavy (non-hydrogen) atoms. The van der Waals surface area contributed by atoms with E-state index in [4.69, 9.17) is 13.8 Å². The van der Waals surface area contributed by atoms with Crippen molar-refractivity contribution in [2.24, 2.45) is 4.99 Å². The molecular formula is C52H33N3O2. The van der Waals surface area contributed by atoms with Crippen molar-refractivity contribution in [2.45, 2.75) is 6.04 Å². The van der Waals surface area contributed by atoms with Crippen LogP contribution in [0.5, 0.6) is 0 Å². The van der Waals surface area contributed by atoms with Crippen molar-refractivity contribution in [2.75, 3.05) is 0 Å². The lowest BCUT2D eigenvalue weighted by Crippen LogP contribution is -2.31. The van der Waals surface area contributed by atoms with E-state index in [-0.39, 0.29) is 6.04 Å². The van der Waals surface area contributed by atoms with Crippen LogP contribution in [-0.2, 0) is 0 Å². The van der Waals surface area contributed by atoms with Crippen molar-refractivity contribution in [3.8, 4) is 16.8 Å². The molecule has 268 valence electrons. The first kappa shape index (κ1) is 31.7. The second-order valence-corrected chi connectivity index (χ2v) is 14.8. The predicted octanol–water partition coefficient (Wildman–Crippen LogP) is 13.4. The molecule has 12 rings (SSSR count). The van der Waals surface area contributed by atoms with E-state index in [1.54, 1.807) is 0 Å². The number of furan rings is 2. The molecule has 0 aliphatic carbocycles. The van der Waals surface area contributed by atoms with Crippen LogP contribution in [-0.4, -0.2) is 10.4 Å². The van der Waals surface area contributed by atoms with Crippen LogP contribution in [0.2, 0.25) is 0 Å². The third kappa shape index (κ3) is 5.06. The van der Waals surface area contributed by atoms with Crippen LogP contribution in [0.15, 0.2) is 202 Å². The SMILES string of the molecule is C1=C(c2ccccc2)N=C(c2cccc3oc4ccc(-c5ccc6c(c5)oc5ccc(-n7c8ccccc8c8ccccc87)cc56)cc4c23)NC1c1ccccc1. The monoisotopic (exact) mass is 731 g/mol. The predicted molar refractivity (Wildman–Crippen MR) is 234 cm³/mol. The summed E-state index contributed by atoms with van der Waals surface area (Å²) >= 11 is 0. The van der Waals surface area contributed by atoms with Gasteiger partial charge in [-0.05, 0) is 89.0 Å². The topological polar surface area (TPSA) is 55.6 Å². The molecule has 0 bridgehead atoms. The molecule has 5 heteroatoms. The molecule has 0 spiro atoms. The van der Waals surface area contributed by atoms with Gasteiger partial charge >= 0.3 is 0 Å². The zero-order chi connectivity index (χ0) is 37.5. The molecule has 0 radical (unpaired) electrons. The summed E-state index contributed by atoms with van der Waals surface area (Å²) in [6, 6.07) is 63.8. The molecule has 0 fully saturated rings. The Kier molecular flexibility index (Phi) is 6.92. The van der Waals surface area contributed by atoms with E-state index in [1.807, 2.05) is 18.2 Å². The molecule has 11 aromatic rings. The van der Waals surface area contributed by atoms with Gasteiger partial charge in [0, 0.05) is 43.6 Å². The summed E-state index contributed by atoms with van der Waals surface area (Å²) in [5.74, 6) is 0.813. The third-order valence-electron chi connectivity index (χ3n) is 11.5. The minimum Gasteiger partial charge on any atom is -0.456 e. The zero-order valence-corrected chi connectivity index (χ0v) is 30.7. The average Bonchev–Trinajstić information content (AvgIpc) is 3.95. The largest absolute Gasteiger partial charge is 0.456 e. The fourth-order valence-corrected chi connectivity index (χ4v) is 8.77. The summed E-state index contributed by atoms with van der Waals surface area (Å²) in [7, 11) is 0. The second-order valence-electron chi connectivity index (χ2n) is 14.8. The number of benzene rings is 8. The first-order valence-corrected chi connectivity index (χ1v) is 19.3. The molecule has 0 saturated carbocycles. The van der Waals surface area contributed by atoms with Crippen molar-refractivity contribution in [3.63, 3.8) is 0 Å². The summed E-state index contributed by atoms with van der Waals surface area (Å²) in [5.41, 5.74) is 13.2. The maximum absolute atomic E-state index is 6.54. The van der Waals surface area contributed by atoms with Crippen LogP contribution in [0.4, 0.5) is 0 Å². The molecule has 5 nitrogen and oxygen atoms in total. The Bertz CT molecular complexity index is 3390. The van der Waals surface area contributed by atoms with Gasteiger partial charge < -0.3 is 18.7 Å². The van der Waals surface area contributed by atoms with E-state index in [0.29, 0.717) is 0 Å². The smallest absolute Gasteiger partial charge is 0.136 e. The molecular weight excluding hydrogens is 699 g/mol. The summed E-state index contributed by atoms with van der Waals surface area (Å²) in [6.07, 6.45) is 2.21. The number of fused-ring (bicyclic) bond motifs is 9. The Hall–Kier alpha value is -7.63. The van der Waals surface area contributed by atoms with Crippen molar-refractivity contribution in [1.82, 2.24) is 9.88 Å². The van der Waals surface area contributed by atoms with Crippen LogP contribution in [0.25, 0.3) is 88.2 Å². The van der Waals surface area contributed by atoms with Crippen molar-refractivity contribution in [1.29, 1.82) is 0 Å². The number of para-hydroxylation sites is 2. The number of hydrogen-bond acceptors (Lipinski definition) is 4. The number of aromatic nitrogens is 1. The number of rotatable bonds is 5. The fourth-order valence-electron chi connectivity index (χ4n) is 8.77. The zero-order valence-electron chi connectivity index (χ0n) is 30.7. The first-order chi connectivity index (χ1) is 28.2. The van der Waals surface area contributed by atoms with E-state index in [1.165, 1.54) is 27.4 Å². The molecule has 1 atom stereocenters. The molecule has 1 unspecified atom stereocenters. The maximum Gasteiger partial charge on any atom is 0.136 e. The highest BCUT2D eigenvalue weighted by molar-refractivity contribution is 6.20. The van der Waals surface area contributed by atoms with Gasteiger partial charge in [-0.1, -0.05) is 121 Å². The summed E-state index contributed by atoms with van der Waals surface area (Å²) < 4.78 is 15.4. The van der Waals surface area contributed by atoms with E-state index >= 15 is 0 Å². The number of aliphatic imine (C=N–C) groups is 1. The number of amidine groups is 1. The van der Waals surface area contributed by atoms with Gasteiger partial charge in [-0.3, -0.25) is 0 Å². The Labute approximate surface area is 327 Å². The fraction of sp³-hybridized carbons (Fsp3) is 0.0192. The highest BCUT2D eigenvalue weighted by Crippen LogP contribution is 2.39. The van der Waals surface area contributed by atoms with E-state index in [9.17, 15) is 0 Å². The van der Waals surface area contributed by atoms with Crippen LogP contribution in [0.3, 0.4) is 0 Å². The van der Waals surface area contributed by atoms with Crippen molar-refractivity contribution >= 4 is 77.2 Å². The molecule has 0 saturated heterocycles. The highest BCUT2D eigenvalue weighted by atomic mass is 16.3. The van der Waals surface area contributed by atoms with Gasteiger partial charge in [-0.25, -0.2) is 4.99 Å². The molecule has 1 N–H and O–H groups in total. The molecule has 8 aromatic carbocycles. The van der Waals surface area contributed by atoms with Gasteiger partial charge in [-0.2, -0.15) is 0 Å². The van der Waals surface area contributed by atoms with E-state index in [2.05, 4.69) is 180 Å². The quantitative estimate of drug-likeness (QED) is 0.192. The Morgan fingerprint density at radius 1 is 0.456 bits per heavy atom. The normalized spacial score (nSPS) is 14.5. The van der Waals surface area contributed by atoms with Gasteiger partial charge in [0.05, 0.1) is 22.8 Å². The lowest BCUT2D eigenvalue weighted by atomic mass is 9.97. The Morgan fingerprint density at radius 2 is 1.12 bits per heavy atom.